The summed E-state index contributed by atoms with van der Waals surface area (Å²) in [6.07, 6.45) is 0.755. The summed E-state index contributed by atoms with van der Waals surface area (Å²) in [5.74, 6) is -0.110. The van der Waals surface area contributed by atoms with Crippen LogP contribution in [0, 0.1) is 0 Å². The van der Waals surface area contributed by atoms with Crippen LogP contribution in [0.1, 0.15) is 54.6 Å². The molecule has 2 aromatic carbocycles. The highest BCUT2D eigenvalue weighted by Crippen LogP contribution is 2.19. The summed E-state index contributed by atoms with van der Waals surface area (Å²) in [6.45, 7) is 6.44. The normalized spacial score (nSPS) is 11.9. The van der Waals surface area contributed by atoms with Crippen molar-refractivity contribution in [1.29, 1.82) is 0 Å². The zero-order valence-corrected chi connectivity index (χ0v) is 16.0. The van der Waals surface area contributed by atoms with Gasteiger partial charge >= 0.3 is 0 Å². The van der Waals surface area contributed by atoms with Crippen molar-refractivity contribution >= 4 is 11.8 Å². The van der Waals surface area contributed by atoms with E-state index in [1.165, 1.54) is 0 Å². The molecule has 4 nitrogen and oxygen atoms in total. The highest BCUT2D eigenvalue weighted by atomic mass is 16.2. The molecule has 26 heavy (non-hydrogen) atoms. The molecule has 4 heteroatoms. The molecule has 0 aliphatic rings. The number of rotatable bonds is 7. The second kappa shape index (κ2) is 9.18. The van der Waals surface area contributed by atoms with E-state index in [4.69, 9.17) is 0 Å². The Morgan fingerprint density at radius 2 is 1.62 bits per heavy atom. The number of amides is 2. The predicted molar refractivity (Wildman–Crippen MR) is 105 cm³/mol. The number of carbonyl (C=O) groups excluding carboxylic acids is 2. The number of nitrogens with zero attached hydrogens (tertiary/aromatic N) is 1. The van der Waals surface area contributed by atoms with Crippen molar-refractivity contribution in [1.82, 2.24) is 10.2 Å². The molecule has 2 rings (SSSR count). The van der Waals surface area contributed by atoms with Crippen LogP contribution in [0.15, 0.2) is 54.6 Å². The van der Waals surface area contributed by atoms with Gasteiger partial charge in [0.1, 0.15) is 0 Å². The molecule has 0 fully saturated rings. The van der Waals surface area contributed by atoms with Crippen molar-refractivity contribution in [2.24, 2.45) is 0 Å². The zero-order chi connectivity index (χ0) is 19.1. The van der Waals surface area contributed by atoms with Gasteiger partial charge in [-0.15, -0.1) is 0 Å². The average molecular weight is 352 g/mol. The molecule has 0 spiro atoms. The van der Waals surface area contributed by atoms with E-state index in [1.54, 1.807) is 11.9 Å². The third kappa shape index (κ3) is 4.94. The molecular weight excluding hydrogens is 324 g/mol. The van der Waals surface area contributed by atoms with E-state index in [0.717, 1.165) is 17.5 Å². The van der Waals surface area contributed by atoms with Crippen LogP contribution in [-0.4, -0.2) is 29.8 Å². The highest BCUT2D eigenvalue weighted by molar-refractivity contribution is 5.94. The van der Waals surface area contributed by atoms with Crippen molar-refractivity contribution in [2.45, 2.75) is 45.7 Å². The molecule has 0 radical (unpaired) electrons. The summed E-state index contributed by atoms with van der Waals surface area (Å²) in [4.78, 5) is 26.5. The van der Waals surface area contributed by atoms with Gasteiger partial charge in [0.2, 0.25) is 5.91 Å². The Morgan fingerprint density at radius 1 is 1.00 bits per heavy atom. The fourth-order valence-electron chi connectivity index (χ4n) is 2.77. The maximum Gasteiger partial charge on any atom is 0.253 e. The van der Waals surface area contributed by atoms with E-state index in [1.807, 2.05) is 75.4 Å². The maximum atomic E-state index is 12.5. The van der Waals surface area contributed by atoms with E-state index in [-0.39, 0.29) is 23.8 Å². The second-order valence-corrected chi connectivity index (χ2v) is 6.80. The Morgan fingerprint density at radius 3 is 2.15 bits per heavy atom. The van der Waals surface area contributed by atoms with E-state index < -0.39 is 0 Å². The Bertz CT molecular complexity index is 724. The summed E-state index contributed by atoms with van der Waals surface area (Å²) in [6, 6.07) is 17.4. The lowest BCUT2D eigenvalue weighted by Crippen LogP contribution is -2.33. The number of carbonyl (C=O) groups is 2. The van der Waals surface area contributed by atoms with Crippen LogP contribution >= 0.6 is 0 Å². The van der Waals surface area contributed by atoms with E-state index in [0.29, 0.717) is 12.1 Å². The largest absolute Gasteiger partial charge is 0.351 e. The van der Waals surface area contributed by atoms with Crippen LogP contribution in [0.5, 0.6) is 0 Å². The van der Waals surface area contributed by atoms with Crippen molar-refractivity contribution in [3.05, 3.63) is 71.3 Å². The van der Waals surface area contributed by atoms with Gasteiger partial charge in [0.15, 0.2) is 0 Å². The van der Waals surface area contributed by atoms with Gasteiger partial charge in [0.05, 0.1) is 5.92 Å². The first-order valence-corrected chi connectivity index (χ1v) is 9.12. The van der Waals surface area contributed by atoms with Crippen molar-refractivity contribution in [2.75, 3.05) is 7.05 Å². The van der Waals surface area contributed by atoms with Crippen LogP contribution in [0.2, 0.25) is 0 Å². The first-order chi connectivity index (χ1) is 12.4. The Kier molecular flexibility index (Phi) is 6.96. The topological polar surface area (TPSA) is 49.4 Å². The molecule has 1 unspecified atom stereocenters. The molecule has 2 aromatic rings. The van der Waals surface area contributed by atoms with Crippen molar-refractivity contribution in [3.63, 3.8) is 0 Å². The monoisotopic (exact) mass is 352 g/mol. The molecule has 0 bridgehead atoms. The fraction of sp³-hybridized carbons (Fsp3) is 0.364. The minimum atomic E-state index is -0.142. The fourth-order valence-corrected chi connectivity index (χ4v) is 2.77. The van der Waals surface area contributed by atoms with Gasteiger partial charge in [0.25, 0.3) is 5.91 Å². The number of hydrogen-bond donors (Lipinski definition) is 1. The van der Waals surface area contributed by atoms with Crippen LogP contribution in [-0.2, 0) is 11.3 Å². The van der Waals surface area contributed by atoms with Crippen LogP contribution < -0.4 is 5.32 Å². The first-order valence-electron chi connectivity index (χ1n) is 9.12. The molecule has 138 valence electrons. The van der Waals surface area contributed by atoms with Gasteiger partial charge < -0.3 is 10.2 Å². The molecule has 0 saturated heterocycles. The predicted octanol–water partition coefficient (Wildman–Crippen LogP) is 3.98. The van der Waals surface area contributed by atoms with Gasteiger partial charge in [-0.25, -0.2) is 0 Å². The minimum absolute atomic E-state index is 0.00529. The van der Waals surface area contributed by atoms with Gasteiger partial charge in [-0.1, -0.05) is 49.4 Å². The smallest absolute Gasteiger partial charge is 0.253 e. The average Bonchev–Trinajstić information content (AvgIpc) is 2.67. The SMILES string of the molecule is CCC(C(=O)NCc1ccc(C(=O)N(C)C(C)C)cc1)c1ccccc1. The molecule has 2 amide bonds. The lowest BCUT2D eigenvalue weighted by atomic mass is 9.95. The summed E-state index contributed by atoms with van der Waals surface area (Å²) in [5.41, 5.74) is 2.67. The first kappa shape index (κ1) is 19.7. The summed E-state index contributed by atoms with van der Waals surface area (Å²) in [7, 11) is 1.80. The van der Waals surface area contributed by atoms with E-state index >= 15 is 0 Å². The highest BCUT2D eigenvalue weighted by Gasteiger charge is 2.18. The van der Waals surface area contributed by atoms with E-state index in [9.17, 15) is 9.59 Å². The molecule has 0 heterocycles. The second-order valence-electron chi connectivity index (χ2n) is 6.80. The molecule has 1 atom stereocenters. The summed E-state index contributed by atoms with van der Waals surface area (Å²) in [5, 5.41) is 3.00. The van der Waals surface area contributed by atoms with Crippen LogP contribution in [0.25, 0.3) is 0 Å². The lowest BCUT2D eigenvalue weighted by molar-refractivity contribution is -0.122. The quantitative estimate of drug-likeness (QED) is 0.819. The Hall–Kier alpha value is -2.62. The molecule has 0 aromatic heterocycles. The van der Waals surface area contributed by atoms with E-state index in [2.05, 4.69) is 5.32 Å². The molecule has 0 aliphatic carbocycles. The third-order valence-corrected chi connectivity index (χ3v) is 4.69. The Labute approximate surface area is 156 Å². The molecule has 0 aliphatic heterocycles. The van der Waals surface area contributed by atoms with Gasteiger partial charge in [-0.3, -0.25) is 9.59 Å². The number of nitrogens with one attached hydrogen (secondary N) is 1. The standard InChI is InChI=1S/C22H28N2O2/c1-5-20(18-9-7-6-8-10-18)21(25)23-15-17-11-13-19(14-12-17)22(26)24(4)16(2)3/h6-14,16,20H,5,15H2,1-4H3,(H,23,25). The number of hydrogen-bond acceptors (Lipinski definition) is 2. The summed E-state index contributed by atoms with van der Waals surface area (Å²) >= 11 is 0. The zero-order valence-electron chi connectivity index (χ0n) is 16.0. The minimum Gasteiger partial charge on any atom is -0.351 e. The molecular formula is C22H28N2O2. The molecule has 0 saturated carbocycles. The lowest BCUT2D eigenvalue weighted by Gasteiger charge is -2.21. The van der Waals surface area contributed by atoms with Crippen LogP contribution in [0.4, 0.5) is 0 Å². The summed E-state index contributed by atoms with van der Waals surface area (Å²) < 4.78 is 0. The van der Waals surface area contributed by atoms with Gasteiger partial charge in [0, 0.05) is 25.2 Å². The molecule has 1 N–H and O–H groups in total. The maximum absolute atomic E-state index is 12.5. The number of benzene rings is 2. The Balaban J connectivity index is 1.97. The third-order valence-electron chi connectivity index (χ3n) is 4.69. The van der Waals surface area contributed by atoms with Crippen molar-refractivity contribution < 1.29 is 9.59 Å². The van der Waals surface area contributed by atoms with Gasteiger partial charge in [-0.05, 0) is 43.5 Å². The van der Waals surface area contributed by atoms with Crippen LogP contribution in [0.3, 0.4) is 0 Å². The van der Waals surface area contributed by atoms with Gasteiger partial charge in [-0.2, -0.15) is 0 Å². The van der Waals surface area contributed by atoms with Crippen molar-refractivity contribution in [3.8, 4) is 0 Å².